The number of aliphatic hydroxyl groups excluding tert-OH is 2. The third kappa shape index (κ3) is 5.64. The number of hydrogen-bond donors (Lipinski definition) is 6. The van der Waals surface area contributed by atoms with Crippen LogP contribution in [0.25, 0.3) is 0 Å². The van der Waals surface area contributed by atoms with E-state index in [1.165, 1.54) is 12.8 Å². The number of methoxy groups -OCH3 is 1. The molecule has 6 saturated carbocycles. The van der Waals surface area contributed by atoms with Crippen LogP contribution in [-0.2, 0) is 19.1 Å². The van der Waals surface area contributed by atoms with Crippen LogP contribution in [0.15, 0.2) is 23.3 Å². The first-order valence-electron chi connectivity index (χ1n) is 22.6. The molecule has 0 spiro atoms. The van der Waals surface area contributed by atoms with Gasteiger partial charge in [0.15, 0.2) is 0 Å². The van der Waals surface area contributed by atoms with Crippen molar-refractivity contribution in [2.45, 2.75) is 159 Å². The summed E-state index contributed by atoms with van der Waals surface area (Å²) in [4.78, 5) is 27.3. The van der Waals surface area contributed by atoms with Crippen molar-refractivity contribution < 1.29 is 44.6 Å². The zero-order valence-corrected chi connectivity index (χ0v) is 34.5. The predicted octanol–water partition coefficient (Wildman–Crippen LogP) is 5.03. The normalized spacial score (nSPS) is 48.7. The number of allylic oxidation sites excluding steroid dienone is 1. The second-order valence-corrected chi connectivity index (χ2v) is 20.3. The van der Waals surface area contributed by atoms with Gasteiger partial charge >= 0.3 is 5.97 Å². The number of aldehydes is 1. The molecule has 7 aliphatic carbocycles. The van der Waals surface area contributed by atoms with Gasteiger partial charge in [0, 0.05) is 49.5 Å². The van der Waals surface area contributed by atoms with E-state index in [4.69, 9.17) is 9.47 Å². The number of rotatable bonds is 13. The molecule has 1 heterocycles. The van der Waals surface area contributed by atoms with Gasteiger partial charge in [-0.25, -0.2) is 4.79 Å². The number of aliphatic hydroxyl groups is 5. The van der Waals surface area contributed by atoms with Gasteiger partial charge in [0.25, 0.3) is 0 Å². The molecule has 10 nitrogen and oxygen atoms in total. The van der Waals surface area contributed by atoms with Gasteiger partial charge in [-0.1, -0.05) is 71.8 Å². The molecule has 16 unspecified atom stereocenters. The quantitative estimate of drug-likeness (QED) is 0.0647. The van der Waals surface area contributed by atoms with Crippen LogP contribution in [0.5, 0.6) is 0 Å². The van der Waals surface area contributed by atoms with Gasteiger partial charge in [0.1, 0.15) is 23.6 Å². The second kappa shape index (κ2) is 15.1. The smallest absolute Gasteiger partial charge is 0.331 e. The Hall–Kier alpha value is -1.66. The molecule has 16 atom stereocenters. The van der Waals surface area contributed by atoms with Crippen LogP contribution in [-0.4, -0.2) is 99.7 Å². The van der Waals surface area contributed by atoms with E-state index < -0.39 is 69.7 Å². The number of esters is 1. The highest BCUT2D eigenvalue weighted by atomic mass is 16.5. The fraction of sp³-hybridized carbons (Fsp3) is 0.870. The van der Waals surface area contributed by atoms with Gasteiger partial charge in [0.2, 0.25) is 0 Å². The molecule has 6 N–H and O–H groups in total. The molecule has 6 fully saturated rings. The van der Waals surface area contributed by atoms with Crippen LogP contribution in [0.2, 0.25) is 0 Å². The Balaban J connectivity index is 1.23. The summed E-state index contributed by atoms with van der Waals surface area (Å²) >= 11 is 0. The fourth-order valence-corrected chi connectivity index (χ4v) is 15.6. The van der Waals surface area contributed by atoms with Crippen molar-refractivity contribution in [2.24, 2.45) is 64.1 Å². The summed E-state index contributed by atoms with van der Waals surface area (Å²) in [6, 6.07) is 0. The van der Waals surface area contributed by atoms with E-state index in [1.54, 1.807) is 13.2 Å². The maximum atomic E-state index is 14.3. The highest BCUT2D eigenvalue weighted by Gasteiger charge is 2.85. The largest absolute Gasteiger partial charge is 0.450 e. The molecule has 8 rings (SSSR count). The molecule has 0 radical (unpaired) electrons. The number of carbonyl (C=O) groups is 2. The van der Waals surface area contributed by atoms with Crippen molar-refractivity contribution in [2.75, 3.05) is 26.8 Å². The lowest BCUT2D eigenvalue weighted by Gasteiger charge is -2.73. The van der Waals surface area contributed by atoms with Crippen molar-refractivity contribution in [1.29, 1.82) is 0 Å². The monoisotopic (exact) mass is 782 g/mol. The predicted molar refractivity (Wildman–Crippen MR) is 211 cm³/mol. The highest BCUT2D eigenvalue weighted by Crippen LogP contribution is 2.76. The van der Waals surface area contributed by atoms with Crippen LogP contribution in [0.3, 0.4) is 0 Å². The van der Waals surface area contributed by atoms with Crippen molar-refractivity contribution in [3.05, 3.63) is 23.3 Å². The Morgan fingerprint density at radius 1 is 1.00 bits per heavy atom. The third-order valence-corrected chi connectivity index (χ3v) is 18.2. The summed E-state index contributed by atoms with van der Waals surface area (Å²) < 4.78 is 11.2. The number of fused-ring (bicyclic) bond motifs is 8. The summed E-state index contributed by atoms with van der Waals surface area (Å²) in [6.45, 7) is 8.32. The zero-order chi connectivity index (χ0) is 39.8. The molecule has 314 valence electrons. The van der Waals surface area contributed by atoms with Gasteiger partial charge in [-0.2, -0.15) is 0 Å². The second-order valence-electron chi connectivity index (χ2n) is 20.3. The standard InChI is InChI=1S/C46H71NO9/c1-5-6-7-13-30-23-43(26-48)36-16-17-42(3)38-31(20-32(25-47-18-10-19-55-4)40-33(38)22-37(49)56-40)24-44(42,52)46(36,54)41(51)35-21-29(27(2)28-11-8-9-12-28)14-15-34(39(30)50)45(35,43)53/h20,22,26-31,34-36,38-41,47,50-54H,5-19,21,23-25H2,1-4H3. The lowest BCUT2D eigenvalue weighted by atomic mass is 9.34. The van der Waals surface area contributed by atoms with E-state index >= 15 is 0 Å². The number of hydrogen-bond acceptors (Lipinski definition) is 10. The molecule has 0 saturated heterocycles. The van der Waals surface area contributed by atoms with E-state index in [0.717, 1.165) is 75.3 Å². The summed E-state index contributed by atoms with van der Waals surface area (Å²) in [7, 11) is 1.68. The molecule has 56 heavy (non-hydrogen) atoms. The van der Waals surface area contributed by atoms with Crippen LogP contribution < -0.4 is 5.32 Å². The molecule has 0 amide bonds. The van der Waals surface area contributed by atoms with E-state index in [9.17, 15) is 35.1 Å². The van der Waals surface area contributed by atoms with Gasteiger partial charge in [0.05, 0.1) is 23.2 Å². The van der Waals surface area contributed by atoms with Crippen molar-refractivity contribution in [1.82, 2.24) is 5.32 Å². The molecule has 8 aliphatic rings. The molecule has 0 aromatic heterocycles. The van der Waals surface area contributed by atoms with Crippen molar-refractivity contribution in [3.8, 4) is 0 Å². The number of carbonyl (C=O) groups excluding carboxylic acids is 2. The molecule has 10 heteroatoms. The average molecular weight is 782 g/mol. The fourth-order valence-electron chi connectivity index (χ4n) is 15.6. The van der Waals surface area contributed by atoms with Crippen LogP contribution in [0.1, 0.15) is 124 Å². The van der Waals surface area contributed by atoms with Crippen molar-refractivity contribution in [3.63, 3.8) is 0 Å². The lowest BCUT2D eigenvalue weighted by molar-refractivity contribution is -0.377. The Morgan fingerprint density at radius 2 is 1.77 bits per heavy atom. The number of ether oxygens (including phenoxy) is 2. The third-order valence-electron chi connectivity index (χ3n) is 18.2. The number of unbranched alkanes of at least 4 members (excludes halogenated alkanes) is 2. The van der Waals surface area contributed by atoms with Gasteiger partial charge in [-0.05, 0) is 111 Å². The summed E-state index contributed by atoms with van der Waals surface area (Å²) in [5.41, 5.74) is -6.43. The van der Waals surface area contributed by atoms with E-state index in [2.05, 4.69) is 25.2 Å². The van der Waals surface area contributed by atoms with Crippen molar-refractivity contribution >= 4 is 12.3 Å². The average Bonchev–Trinajstić information content (AvgIpc) is 3.87. The Labute approximate surface area is 334 Å². The van der Waals surface area contributed by atoms with Gasteiger partial charge < -0.3 is 45.1 Å². The maximum absolute atomic E-state index is 14.3. The molecule has 0 bridgehead atoms. The van der Waals surface area contributed by atoms with E-state index in [-0.39, 0.29) is 36.5 Å². The Morgan fingerprint density at radius 3 is 2.48 bits per heavy atom. The van der Waals surface area contributed by atoms with Crippen LogP contribution in [0, 0.1) is 64.1 Å². The first-order valence-corrected chi connectivity index (χ1v) is 22.6. The SMILES string of the molecule is CCCCCC1CC2(C=O)C3CCC4(C)C5C6=CC(=O)OC6C(CNCCCOC)=CC5CC4(O)C3(O)C(O)C3CC(C(C)C4CCCC4)CCC(C1O)C32O. The number of nitrogens with one attached hydrogen (secondary N) is 1. The summed E-state index contributed by atoms with van der Waals surface area (Å²) in [5.74, 6) is -2.68. The zero-order valence-electron chi connectivity index (χ0n) is 34.5. The molecular weight excluding hydrogens is 711 g/mol. The molecule has 0 aromatic carbocycles. The summed E-state index contributed by atoms with van der Waals surface area (Å²) in [5, 5.41) is 70.1. The van der Waals surface area contributed by atoms with Crippen LogP contribution >= 0.6 is 0 Å². The highest BCUT2D eigenvalue weighted by molar-refractivity contribution is 5.87. The minimum absolute atomic E-state index is 0.132. The topological polar surface area (TPSA) is 166 Å². The van der Waals surface area contributed by atoms with Gasteiger partial charge in [-0.15, -0.1) is 0 Å². The van der Waals surface area contributed by atoms with Gasteiger partial charge in [-0.3, -0.25) is 0 Å². The minimum Gasteiger partial charge on any atom is -0.450 e. The maximum Gasteiger partial charge on any atom is 0.331 e. The Kier molecular flexibility index (Phi) is 11.1. The molecule has 1 aliphatic heterocycles. The first kappa shape index (κ1) is 41.1. The Bertz CT molecular complexity index is 1560. The van der Waals surface area contributed by atoms with Crippen LogP contribution in [0.4, 0.5) is 0 Å². The molecular formula is C46H71NO9. The molecule has 0 aromatic rings. The van der Waals surface area contributed by atoms with E-state index in [1.807, 2.05) is 6.92 Å². The summed E-state index contributed by atoms with van der Waals surface area (Å²) in [6.07, 6.45) is 13.8. The lowest BCUT2D eigenvalue weighted by Crippen LogP contribution is -2.85. The van der Waals surface area contributed by atoms with E-state index in [0.29, 0.717) is 50.7 Å². The first-order chi connectivity index (χ1) is 26.8. The minimum atomic E-state index is -2.13.